The summed E-state index contributed by atoms with van der Waals surface area (Å²) in [6.07, 6.45) is 6.52. The van der Waals surface area contributed by atoms with Crippen LogP contribution >= 0.6 is 22.9 Å². The van der Waals surface area contributed by atoms with Crippen molar-refractivity contribution in [3.8, 4) is 22.1 Å². The molecule has 0 saturated heterocycles. The molecule has 0 spiro atoms. The molecule has 34 heavy (non-hydrogen) atoms. The van der Waals surface area contributed by atoms with Gasteiger partial charge in [-0.05, 0) is 50.0 Å². The molecule has 1 N–H and O–H groups in total. The molecule has 1 aliphatic carbocycles. The average Bonchev–Trinajstić information content (AvgIpc) is 3.27. The lowest BCUT2D eigenvalue weighted by Crippen LogP contribution is -2.27. The predicted molar refractivity (Wildman–Crippen MR) is 125 cm³/mol. The molecule has 0 radical (unpaired) electrons. The Morgan fingerprint density at radius 2 is 1.88 bits per heavy atom. The second-order valence-corrected chi connectivity index (χ2v) is 9.06. The van der Waals surface area contributed by atoms with Gasteiger partial charge in [-0.15, -0.1) is 5.10 Å². The van der Waals surface area contributed by atoms with Crippen LogP contribution in [0.5, 0.6) is 10.9 Å². The fourth-order valence-electron chi connectivity index (χ4n) is 3.80. The van der Waals surface area contributed by atoms with E-state index in [1.54, 1.807) is 20.1 Å². The number of methoxy groups -OCH3 is 2. The predicted octanol–water partition coefficient (Wildman–Crippen LogP) is 4.69. The molecule has 3 heterocycles. The van der Waals surface area contributed by atoms with E-state index in [9.17, 15) is 9.18 Å². The van der Waals surface area contributed by atoms with Crippen molar-refractivity contribution < 1.29 is 23.4 Å². The molecule has 180 valence electrons. The SMILES string of the molecule is COc1cnc(Cl)c(F)c1-c1cc(C)ncc1C(=O)Nc1nnc(O[C@H]2CC[C@@H](OC)CC2)s1. The van der Waals surface area contributed by atoms with E-state index in [0.717, 1.165) is 37.0 Å². The van der Waals surface area contributed by atoms with Crippen LogP contribution in [0.2, 0.25) is 5.15 Å². The number of carbonyl (C=O) groups is 1. The highest BCUT2D eigenvalue weighted by molar-refractivity contribution is 7.17. The van der Waals surface area contributed by atoms with Crippen LogP contribution in [0.25, 0.3) is 11.1 Å². The third-order valence-corrected chi connectivity index (χ3v) is 6.56. The number of carbonyl (C=O) groups excluding carboxylic acids is 1. The first kappa shape index (κ1) is 24.2. The van der Waals surface area contributed by atoms with Gasteiger partial charge in [0.15, 0.2) is 11.0 Å². The average molecular weight is 508 g/mol. The van der Waals surface area contributed by atoms with Crippen molar-refractivity contribution in [2.75, 3.05) is 19.5 Å². The third kappa shape index (κ3) is 5.26. The number of ether oxygens (including phenoxy) is 3. The van der Waals surface area contributed by atoms with Crippen molar-refractivity contribution in [2.24, 2.45) is 0 Å². The van der Waals surface area contributed by atoms with Crippen LogP contribution in [0.4, 0.5) is 9.52 Å². The van der Waals surface area contributed by atoms with E-state index in [-0.39, 0.29) is 44.9 Å². The Morgan fingerprint density at radius 3 is 2.59 bits per heavy atom. The minimum absolute atomic E-state index is 0.0195. The number of hydrogen-bond acceptors (Lipinski definition) is 9. The number of nitrogens with one attached hydrogen (secondary N) is 1. The summed E-state index contributed by atoms with van der Waals surface area (Å²) in [5.41, 5.74) is 0.974. The van der Waals surface area contributed by atoms with E-state index in [4.69, 9.17) is 25.8 Å². The number of anilines is 1. The number of rotatable bonds is 7. The maximum atomic E-state index is 14.9. The summed E-state index contributed by atoms with van der Waals surface area (Å²) in [6, 6.07) is 1.58. The van der Waals surface area contributed by atoms with E-state index >= 15 is 0 Å². The third-order valence-electron chi connectivity index (χ3n) is 5.57. The molecule has 0 unspecified atom stereocenters. The van der Waals surface area contributed by atoms with Crippen molar-refractivity contribution in [3.05, 3.63) is 40.7 Å². The minimum Gasteiger partial charge on any atom is -0.494 e. The molecule has 9 nitrogen and oxygen atoms in total. The molecule has 4 rings (SSSR count). The van der Waals surface area contributed by atoms with E-state index in [1.807, 2.05) is 0 Å². The van der Waals surface area contributed by atoms with Gasteiger partial charge in [-0.25, -0.2) is 9.37 Å². The van der Waals surface area contributed by atoms with Crippen LogP contribution in [0.3, 0.4) is 0 Å². The van der Waals surface area contributed by atoms with Crippen molar-refractivity contribution in [2.45, 2.75) is 44.8 Å². The zero-order valence-corrected chi connectivity index (χ0v) is 20.4. The number of aryl methyl sites for hydroxylation is 1. The molecule has 1 fully saturated rings. The Labute approximate surface area is 204 Å². The molecule has 1 amide bonds. The molecule has 1 aliphatic rings. The van der Waals surface area contributed by atoms with Crippen molar-refractivity contribution >= 4 is 34.0 Å². The van der Waals surface area contributed by atoms with E-state index in [2.05, 4.69) is 25.5 Å². The normalized spacial score (nSPS) is 17.9. The zero-order chi connectivity index (χ0) is 24.2. The molecule has 0 bridgehead atoms. The second-order valence-electron chi connectivity index (χ2n) is 7.76. The number of aromatic nitrogens is 4. The van der Waals surface area contributed by atoms with Gasteiger partial charge in [0.2, 0.25) is 5.13 Å². The van der Waals surface area contributed by atoms with E-state index < -0.39 is 11.7 Å². The van der Waals surface area contributed by atoms with Gasteiger partial charge in [-0.2, -0.15) is 0 Å². The Kier molecular flexibility index (Phi) is 7.54. The topological polar surface area (TPSA) is 108 Å². The van der Waals surface area contributed by atoms with Crippen LogP contribution < -0.4 is 14.8 Å². The second kappa shape index (κ2) is 10.6. The Bertz CT molecular complexity index is 1190. The standard InChI is InChI=1S/C22H23ClFN5O4S/c1-11-8-14(17-16(32-3)10-26-19(23)18(17)24)15(9-25-11)20(30)27-21-28-29-22(34-21)33-13-6-4-12(31-2)5-7-13/h8-10,12-13H,4-7H2,1-3H3,(H,27,28,30)/t12-,13+. The molecular formula is C22H23ClFN5O4S. The lowest BCUT2D eigenvalue weighted by molar-refractivity contribution is 0.0325. The lowest BCUT2D eigenvalue weighted by atomic mass is 9.95. The largest absolute Gasteiger partial charge is 0.494 e. The van der Waals surface area contributed by atoms with Crippen molar-refractivity contribution in [1.29, 1.82) is 0 Å². The first-order valence-electron chi connectivity index (χ1n) is 10.6. The summed E-state index contributed by atoms with van der Waals surface area (Å²) < 4.78 is 31.5. The summed E-state index contributed by atoms with van der Waals surface area (Å²) in [5.74, 6) is -1.20. The van der Waals surface area contributed by atoms with E-state index in [1.165, 1.54) is 19.5 Å². The minimum atomic E-state index is -0.796. The first-order valence-corrected chi connectivity index (χ1v) is 11.8. The maximum absolute atomic E-state index is 14.9. The summed E-state index contributed by atoms with van der Waals surface area (Å²) in [6.45, 7) is 1.73. The van der Waals surface area contributed by atoms with Gasteiger partial charge in [0.25, 0.3) is 11.1 Å². The molecule has 12 heteroatoms. The fraction of sp³-hybridized carbons (Fsp3) is 0.409. The Hall–Kier alpha value is -2.89. The highest BCUT2D eigenvalue weighted by atomic mass is 35.5. The summed E-state index contributed by atoms with van der Waals surface area (Å²) >= 11 is 7.01. The van der Waals surface area contributed by atoms with Crippen LogP contribution in [0, 0.1) is 12.7 Å². The number of amides is 1. The van der Waals surface area contributed by atoms with Gasteiger partial charge in [0.05, 0.1) is 30.5 Å². The Morgan fingerprint density at radius 1 is 1.15 bits per heavy atom. The van der Waals surface area contributed by atoms with Crippen molar-refractivity contribution in [1.82, 2.24) is 20.2 Å². The Balaban J connectivity index is 1.54. The number of hydrogen-bond donors (Lipinski definition) is 1. The van der Waals surface area contributed by atoms with Gasteiger partial charge < -0.3 is 14.2 Å². The highest BCUT2D eigenvalue weighted by Crippen LogP contribution is 2.37. The maximum Gasteiger partial charge on any atom is 0.296 e. The molecule has 0 aliphatic heterocycles. The summed E-state index contributed by atoms with van der Waals surface area (Å²) in [5, 5.41) is 11.0. The monoisotopic (exact) mass is 507 g/mol. The summed E-state index contributed by atoms with van der Waals surface area (Å²) in [4.78, 5) is 21.1. The molecular weight excluding hydrogens is 485 g/mol. The van der Waals surface area contributed by atoms with Gasteiger partial charge in [-0.3, -0.25) is 15.1 Å². The molecule has 0 aromatic carbocycles. The number of pyridine rings is 2. The molecule has 3 aromatic heterocycles. The van der Waals surface area contributed by atoms with Gasteiger partial charge >= 0.3 is 0 Å². The first-order chi connectivity index (χ1) is 16.4. The highest BCUT2D eigenvalue weighted by Gasteiger charge is 2.25. The van der Waals surface area contributed by atoms with Gasteiger partial charge in [0, 0.05) is 24.6 Å². The smallest absolute Gasteiger partial charge is 0.296 e. The van der Waals surface area contributed by atoms with Crippen LogP contribution in [0.15, 0.2) is 18.5 Å². The number of nitrogens with zero attached hydrogens (tertiary/aromatic N) is 4. The molecule has 3 aromatic rings. The van der Waals surface area contributed by atoms with Gasteiger partial charge in [0.1, 0.15) is 11.9 Å². The quantitative estimate of drug-likeness (QED) is 0.459. The van der Waals surface area contributed by atoms with Crippen LogP contribution in [-0.2, 0) is 4.74 Å². The number of halogens is 2. The molecule has 0 atom stereocenters. The van der Waals surface area contributed by atoms with Crippen LogP contribution in [-0.4, -0.2) is 52.5 Å². The van der Waals surface area contributed by atoms with Crippen molar-refractivity contribution in [3.63, 3.8) is 0 Å². The van der Waals surface area contributed by atoms with Crippen LogP contribution in [0.1, 0.15) is 41.7 Å². The summed E-state index contributed by atoms with van der Waals surface area (Å²) in [7, 11) is 3.10. The lowest BCUT2D eigenvalue weighted by Gasteiger charge is -2.26. The fourth-order valence-corrected chi connectivity index (χ4v) is 4.60. The van der Waals surface area contributed by atoms with Gasteiger partial charge in [-0.1, -0.05) is 16.7 Å². The molecule has 1 saturated carbocycles. The van der Waals surface area contributed by atoms with E-state index in [0.29, 0.717) is 10.9 Å². The zero-order valence-electron chi connectivity index (χ0n) is 18.8.